The molecule has 2 aromatic carbocycles. The molecular formula is C22H18ClN5O3S2. The number of hydrogen-bond donors (Lipinski definition) is 2. The van der Waals surface area contributed by atoms with E-state index in [2.05, 4.69) is 26.0 Å². The third kappa shape index (κ3) is 5.59. The highest BCUT2D eigenvalue weighted by Crippen LogP contribution is 2.32. The Morgan fingerprint density at radius 3 is 2.70 bits per heavy atom. The van der Waals surface area contributed by atoms with Crippen molar-refractivity contribution in [3.05, 3.63) is 70.4 Å². The third-order valence-electron chi connectivity index (χ3n) is 4.47. The van der Waals surface area contributed by atoms with E-state index < -0.39 is 5.91 Å². The van der Waals surface area contributed by atoms with E-state index in [0.29, 0.717) is 31.5 Å². The molecule has 4 aromatic rings. The third-order valence-corrected chi connectivity index (χ3v) is 6.78. The first-order chi connectivity index (χ1) is 15.9. The second-order valence-corrected chi connectivity index (χ2v) is 9.58. The lowest BCUT2D eigenvalue weighted by atomic mass is 10.1. The zero-order valence-corrected chi connectivity index (χ0v) is 20.0. The van der Waals surface area contributed by atoms with Crippen molar-refractivity contribution in [1.29, 1.82) is 0 Å². The van der Waals surface area contributed by atoms with Crippen molar-refractivity contribution < 1.29 is 14.1 Å². The molecule has 0 atom stereocenters. The van der Waals surface area contributed by atoms with Gasteiger partial charge >= 0.3 is 0 Å². The van der Waals surface area contributed by atoms with Crippen molar-refractivity contribution in [3.63, 3.8) is 0 Å². The van der Waals surface area contributed by atoms with Crippen molar-refractivity contribution in [3.8, 4) is 11.3 Å². The van der Waals surface area contributed by atoms with Gasteiger partial charge in [-0.1, -0.05) is 70.2 Å². The van der Waals surface area contributed by atoms with Crippen molar-refractivity contribution in [1.82, 2.24) is 15.4 Å². The lowest BCUT2D eigenvalue weighted by molar-refractivity contribution is -0.113. The first-order valence-electron chi connectivity index (χ1n) is 9.76. The number of aryl methyl sites for hydroxylation is 2. The van der Waals surface area contributed by atoms with E-state index in [1.165, 1.54) is 23.1 Å². The van der Waals surface area contributed by atoms with Gasteiger partial charge in [0.25, 0.3) is 5.91 Å². The minimum atomic E-state index is -0.437. The standard InChI is InChI=1S/C22H18ClN5O3S2/c1-12-6-5-7-14(10-12)24-17(29)11-32-22-27-26-21(33-22)25-20(30)18-13(2)31-28-19(18)15-8-3-4-9-16(15)23/h3-10H,11H2,1-2H3,(H,24,29)(H,25,26,30). The summed E-state index contributed by atoms with van der Waals surface area (Å²) in [7, 11) is 0. The number of carbonyl (C=O) groups excluding carboxylic acids is 2. The van der Waals surface area contributed by atoms with Gasteiger partial charge in [0.05, 0.1) is 10.8 Å². The Morgan fingerprint density at radius 2 is 1.91 bits per heavy atom. The van der Waals surface area contributed by atoms with E-state index in [1.807, 2.05) is 31.2 Å². The molecule has 0 unspecified atom stereocenters. The van der Waals surface area contributed by atoms with Crippen molar-refractivity contribution >= 4 is 57.3 Å². The Labute approximate surface area is 202 Å². The molecule has 0 saturated carbocycles. The number of nitrogens with one attached hydrogen (secondary N) is 2. The Morgan fingerprint density at radius 1 is 1.09 bits per heavy atom. The Bertz CT molecular complexity index is 1320. The van der Waals surface area contributed by atoms with Crippen LogP contribution in [0.25, 0.3) is 11.3 Å². The van der Waals surface area contributed by atoms with Crippen LogP contribution in [-0.4, -0.2) is 32.9 Å². The highest BCUT2D eigenvalue weighted by atomic mass is 35.5. The number of halogens is 1. The van der Waals surface area contributed by atoms with Crippen LogP contribution in [0.3, 0.4) is 0 Å². The highest BCUT2D eigenvalue weighted by Gasteiger charge is 2.24. The maximum absolute atomic E-state index is 12.9. The van der Waals surface area contributed by atoms with Crippen LogP contribution in [0.4, 0.5) is 10.8 Å². The lowest BCUT2D eigenvalue weighted by Crippen LogP contribution is -2.13. The Kier molecular flexibility index (Phi) is 7.07. The van der Waals surface area contributed by atoms with Crippen LogP contribution in [0.15, 0.2) is 57.4 Å². The SMILES string of the molecule is Cc1cccc(NC(=O)CSc2nnc(NC(=O)c3c(-c4ccccc4Cl)noc3C)s2)c1. The summed E-state index contributed by atoms with van der Waals surface area (Å²) in [5, 5.41) is 18.4. The fourth-order valence-electron chi connectivity index (χ4n) is 3.00. The van der Waals surface area contributed by atoms with Gasteiger partial charge in [0, 0.05) is 11.3 Å². The molecule has 0 aliphatic heterocycles. The summed E-state index contributed by atoms with van der Waals surface area (Å²) in [5.41, 5.74) is 3.01. The zero-order chi connectivity index (χ0) is 23.4. The summed E-state index contributed by atoms with van der Waals surface area (Å²) in [5.74, 6) is -0.0726. The molecule has 0 fully saturated rings. The van der Waals surface area contributed by atoms with Crippen molar-refractivity contribution in [2.75, 3.05) is 16.4 Å². The number of benzene rings is 2. The maximum atomic E-state index is 12.9. The van der Waals surface area contributed by atoms with Crippen LogP contribution in [-0.2, 0) is 4.79 Å². The van der Waals surface area contributed by atoms with E-state index in [4.69, 9.17) is 16.1 Å². The summed E-state index contributed by atoms with van der Waals surface area (Å²) < 4.78 is 5.79. The second-order valence-electron chi connectivity index (χ2n) is 6.98. The summed E-state index contributed by atoms with van der Waals surface area (Å²) >= 11 is 8.67. The number of thioether (sulfide) groups is 1. The number of amides is 2. The normalized spacial score (nSPS) is 10.8. The van der Waals surface area contributed by atoms with Crippen LogP contribution in [0.5, 0.6) is 0 Å². The molecule has 0 aliphatic carbocycles. The lowest BCUT2D eigenvalue weighted by Gasteiger charge is -2.04. The molecule has 0 bridgehead atoms. The summed E-state index contributed by atoms with van der Waals surface area (Å²) in [6.07, 6.45) is 0. The number of nitrogens with zero attached hydrogens (tertiary/aromatic N) is 3. The fourth-order valence-corrected chi connectivity index (χ4v) is 4.77. The first kappa shape index (κ1) is 23.0. The number of aromatic nitrogens is 3. The van der Waals surface area contributed by atoms with Crippen LogP contribution in [0, 0.1) is 13.8 Å². The van der Waals surface area contributed by atoms with Crippen molar-refractivity contribution in [2.24, 2.45) is 0 Å². The average Bonchev–Trinajstić information content (AvgIpc) is 3.39. The molecule has 8 nitrogen and oxygen atoms in total. The second kappa shape index (κ2) is 10.2. The molecular weight excluding hydrogens is 482 g/mol. The minimum Gasteiger partial charge on any atom is -0.360 e. The topological polar surface area (TPSA) is 110 Å². The first-order valence-corrected chi connectivity index (χ1v) is 11.9. The minimum absolute atomic E-state index is 0.157. The molecule has 2 heterocycles. The molecule has 2 N–H and O–H groups in total. The van der Waals surface area contributed by atoms with Gasteiger partial charge in [-0.3, -0.25) is 14.9 Å². The van der Waals surface area contributed by atoms with E-state index in [0.717, 1.165) is 11.3 Å². The predicted molar refractivity (Wildman–Crippen MR) is 130 cm³/mol. The van der Waals surface area contributed by atoms with Gasteiger partial charge in [-0.2, -0.15) is 0 Å². The molecule has 0 radical (unpaired) electrons. The van der Waals surface area contributed by atoms with E-state index in [9.17, 15) is 9.59 Å². The Balaban J connectivity index is 1.39. The number of rotatable bonds is 7. The highest BCUT2D eigenvalue weighted by molar-refractivity contribution is 8.01. The van der Waals surface area contributed by atoms with Crippen LogP contribution in [0.1, 0.15) is 21.7 Å². The molecule has 4 rings (SSSR count). The fraction of sp³-hybridized carbons (Fsp3) is 0.136. The van der Waals surface area contributed by atoms with Gasteiger partial charge < -0.3 is 9.84 Å². The maximum Gasteiger partial charge on any atom is 0.263 e. The monoisotopic (exact) mass is 499 g/mol. The number of anilines is 2. The van der Waals surface area contributed by atoms with Gasteiger partial charge in [0.2, 0.25) is 11.0 Å². The summed E-state index contributed by atoms with van der Waals surface area (Å²) in [4.78, 5) is 25.1. The number of hydrogen-bond acceptors (Lipinski definition) is 8. The van der Waals surface area contributed by atoms with Crippen molar-refractivity contribution in [2.45, 2.75) is 18.2 Å². The van der Waals surface area contributed by atoms with E-state index in [1.54, 1.807) is 31.2 Å². The van der Waals surface area contributed by atoms with Gasteiger partial charge in [0.15, 0.2) is 4.34 Å². The molecule has 0 aliphatic rings. The van der Waals surface area contributed by atoms with Crippen LogP contribution < -0.4 is 10.6 Å². The quantitative estimate of drug-likeness (QED) is 0.257. The molecule has 0 saturated heterocycles. The van der Waals surface area contributed by atoms with Gasteiger partial charge in [-0.15, -0.1) is 10.2 Å². The van der Waals surface area contributed by atoms with Crippen LogP contribution in [0.2, 0.25) is 5.02 Å². The smallest absolute Gasteiger partial charge is 0.263 e. The summed E-state index contributed by atoms with van der Waals surface area (Å²) in [6.45, 7) is 3.61. The zero-order valence-electron chi connectivity index (χ0n) is 17.6. The molecule has 33 heavy (non-hydrogen) atoms. The molecule has 11 heteroatoms. The number of carbonyl (C=O) groups is 2. The largest absolute Gasteiger partial charge is 0.360 e. The molecule has 168 valence electrons. The van der Waals surface area contributed by atoms with E-state index in [-0.39, 0.29) is 17.2 Å². The summed E-state index contributed by atoms with van der Waals surface area (Å²) in [6, 6.07) is 14.6. The Hall–Kier alpha value is -3.21. The average molecular weight is 500 g/mol. The van der Waals surface area contributed by atoms with Gasteiger partial charge in [-0.25, -0.2) is 0 Å². The predicted octanol–water partition coefficient (Wildman–Crippen LogP) is 5.45. The molecule has 2 aromatic heterocycles. The van der Waals surface area contributed by atoms with Gasteiger partial charge in [-0.05, 0) is 37.6 Å². The molecule has 0 spiro atoms. The molecule has 2 amide bonds. The van der Waals surface area contributed by atoms with Crippen LogP contribution >= 0.6 is 34.7 Å². The van der Waals surface area contributed by atoms with Gasteiger partial charge in [0.1, 0.15) is 17.0 Å². The van der Waals surface area contributed by atoms with E-state index >= 15 is 0 Å².